The van der Waals surface area contributed by atoms with Crippen LogP contribution in [-0.2, 0) is 14.8 Å². The number of hydrogen-bond donors (Lipinski definition) is 1. The standard InChI is InChI=1S/C12H16BrNO4S/c13-9-4-5-11(12(7-9)19(14,15)16)18-8-10-3-1-2-6-17-10/h4-5,7,10H,1-3,6,8H2,(H2,14,15,16). The van der Waals surface area contributed by atoms with Gasteiger partial charge in [0.2, 0.25) is 10.0 Å². The van der Waals surface area contributed by atoms with Gasteiger partial charge in [-0.05, 0) is 37.5 Å². The van der Waals surface area contributed by atoms with E-state index in [0.717, 1.165) is 25.9 Å². The first-order valence-corrected chi connectivity index (χ1v) is 8.37. The van der Waals surface area contributed by atoms with E-state index in [-0.39, 0.29) is 16.7 Å². The van der Waals surface area contributed by atoms with Gasteiger partial charge in [-0.25, -0.2) is 13.6 Å². The Kier molecular flexibility index (Phi) is 4.83. The maximum Gasteiger partial charge on any atom is 0.241 e. The minimum atomic E-state index is -3.80. The van der Waals surface area contributed by atoms with Crippen molar-refractivity contribution in [2.45, 2.75) is 30.3 Å². The normalized spacial score (nSPS) is 20.2. The molecule has 7 heteroatoms. The summed E-state index contributed by atoms with van der Waals surface area (Å²) in [7, 11) is -3.80. The Morgan fingerprint density at radius 1 is 1.42 bits per heavy atom. The Labute approximate surface area is 121 Å². The molecule has 0 spiro atoms. The van der Waals surface area contributed by atoms with Gasteiger partial charge >= 0.3 is 0 Å². The Hall–Kier alpha value is -0.630. The maximum atomic E-state index is 11.5. The van der Waals surface area contributed by atoms with Crippen LogP contribution >= 0.6 is 15.9 Å². The Morgan fingerprint density at radius 3 is 2.84 bits per heavy atom. The molecular formula is C12H16BrNO4S. The van der Waals surface area contributed by atoms with Crippen LogP contribution in [0.15, 0.2) is 27.6 Å². The van der Waals surface area contributed by atoms with E-state index in [2.05, 4.69) is 15.9 Å². The molecule has 1 aromatic carbocycles. The highest BCUT2D eigenvalue weighted by molar-refractivity contribution is 9.10. The van der Waals surface area contributed by atoms with Crippen LogP contribution in [0.2, 0.25) is 0 Å². The van der Waals surface area contributed by atoms with Crippen LogP contribution in [-0.4, -0.2) is 27.7 Å². The van der Waals surface area contributed by atoms with E-state index in [4.69, 9.17) is 14.6 Å². The Balaban J connectivity index is 2.11. The zero-order valence-corrected chi connectivity index (χ0v) is 12.7. The molecule has 1 aromatic rings. The van der Waals surface area contributed by atoms with Crippen molar-refractivity contribution in [1.29, 1.82) is 0 Å². The monoisotopic (exact) mass is 349 g/mol. The van der Waals surface area contributed by atoms with Gasteiger partial charge in [0.05, 0.1) is 6.10 Å². The zero-order chi connectivity index (χ0) is 13.9. The van der Waals surface area contributed by atoms with Gasteiger partial charge < -0.3 is 9.47 Å². The summed E-state index contributed by atoms with van der Waals surface area (Å²) in [6.45, 7) is 1.07. The van der Waals surface area contributed by atoms with Crippen molar-refractivity contribution >= 4 is 26.0 Å². The summed E-state index contributed by atoms with van der Waals surface area (Å²) in [5.41, 5.74) is 0. The van der Waals surface area contributed by atoms with Crippen LogP contribution in [0.5, 0.6) is 5.75 Å². The third-order valence-electron chi connectivity index (χ3n) is 2.91. The fourth-order valence-corrected chi connectivity index (χ4v) is 3.16. The summed E-state index contributed by atoms with van der Waals surface area (Å²) < 4.78 is 34.7. The van der Waals surface area contributed by atoms with Crippen LogP contribution in [0.4, 0.5) is 0 Å². The molecule has 0 saturated carbocycles. The summed E-state index contributed by atoms with van der Waals surface area (Å²) in [5.74, 6) is 0.264. The van der Waals surface area contributed by atoms with Gasteiger partial charge in [0.25, 0.3) is 0 Å². The quantitative estimate of drug-likeness (QED) is 0.901. The van der Waals surface area contributed by atoms with E-state index in [1.54, 1.807) is 12.1 Å². The number of sulfonamides is 1. The second-order valence-electron chi connectivity index (χ2n) is 4.44. The van der Waals surface area contributed by atoms with Crippen molar-refractivity contribution in [3.8, 4) is 5.75 Å². The van der Waals surface area contributed by atoms with Gasteiger partial charge in [0.1, 0.15) is 17.3 Å². The molecule has 1 saturated heterocycles. The predicted molar refractivity (Wildman–Crippen MR) is 74.6 cm³/mol. The fraction of sp³-hybridized carbons (Fsp3) is 0.500. The third kappa shape index (κ3) is 4.17. The lowest BCUT2D eigenvalue weighted by Gasteiger charge is -2.23. The van der Waals surface area contributed by atoms with E-state index < -0.39 is 10.0 Å². The van der Waals surface area contributed by atoms with Crippen molar-refractivity contribution in [1.82, 2.24) is 0 Å². The van der Waals surface area contributed by atoms with E-state index in [9.17, 15) is 8.42 Å². The van der Waals surface area contributed by atoms with Crippen LogP contribution in [0.3, 0.4) is 0 Å². The summed E-state index contributed by atoms with van der Waals surface area (Å²) >= 11 is 3.22. The number of hydrogen-bond acceptors (Lipinski definition) is 4. The van der Waals surface area contributed by atoms with Gasteiger partial charge in [-0.3, -0.25) is 0 Å². The largest absolute Gasteiger partial charge is 0.489 e. The highest BCUT2D eigenvalue weighted by Crippen LogP contribution is 2.27. The molecule has 0 radical (unpaired) electrons. The molecule has 106 valence electrons. The van der Waals surface area contributed by atoms with Gasteiger partial charge in [0, 0.05) is 11.1 Å². The van der Waals surface area contributed by atoms with Crippen molar-refractivity contribution in [2.75, 3.05) is 13.2 Å². The molecule has 1 fully saturated rings. The Morgan fingerprint density at radius 2 is 2.21 bits per heavy atom. The molecule has 2 rings (SSSR count). The molecule has 0 aromatic heterocycles. The smallest absolute Gasteiger partial charge is 0.241 e. The van der Waals surface area contributed by atoms with Crippen molar-refractivity contribution < 1.29 is 17.9 Å². The van der Waals surface area contributed by atoms with Crippen LogP contribution in [0, 0.1) is 0 Å². The highest BCUT2D eigenvalue weighted by atomic mass is 79.9. The molecule has 5 nitrogen and oxygen atoms in total. The second kappa shape index (κ2) is 6.21. The van der Waals surface area contributed by atoms with Gasteiger partial charge in [-0.2, -0.15) is 0 Å². The number of halogens is 1. The van der Waals surface area contributed by atoms with E-state index >= 15 is 0 Å². The first-order valence-electron chi connectivity index (χ1n) is 6.03. The number of benzene rings is 1. The van der Waals surface area contributed by atoms with Gasteiger partial charge in [0.15, 0.2) is 0 Å². The average Bonchev–Trinajstić information content (AvgIpc) is 2.37. The van der Waals surface area contributed by atoms with Crippen LogP contribution in [0.25, 0.3) is 0 Å². The highest BCUT2D eigenvalue weighted by Gasteiger charge is 2.19. The molecule has 0 amide bonds. The van der Waals surface area contributed by atoms with Crippen LogP contribution in [0.1, 0.15) is 19.3 Å². The van der Waals surface area contributed by atoms with Gasteiger partial charge in [-0.15, -0.1) is 0 Å². The minimum Gasteiger partial charge on any atom is -0.489 e. The molecule has 1 aliphatic heterocycles. The van der Waals surface area contributed by atoms with Gasteiger partial charge in [-0.1, -0.05) is 15.9 Å². The molecule has 19 heavy (non-hydrogen) atoms. The SMILES string of the molecule is NS(=O)(=O)c1cc(Br)ccc1OCC1CCCCO1. The first kappa shape index (κ1) is 14.8. The Bertz CT molecular complexity index is 541. The molecule has 2 N–H and O–H groups in total. The summed E-state index contributed by atoms with van der Waals surface area (Å²) in [4.78, 5) is -0.0160. The van der Waals surface area contributed by atoms with Crippen molar-refractivity contribution in [2.24, 2.45) is 5.14 Å². The third-order valence-corrected chi connectivity index (χ3v) is 4.34. The molecule has 0 bridgehead atoms. The van der Waals surface area contributed by atoms with E-state index in [0.29, 0.717) is 11.1 Å². The maximum absolute atomic E-state index is 11.5. The molecule has 1 unspecified atom stereocenters. The minimum absolute atomic E-state index is 0.0160. The zero-order valence-electron chi connectivity index (χ0n) is 10.3. The number of ether oxygens (including phenoxy) is 2. The average molecular weight is 350 g/mol. The molecule has 1 aliphatic rings. The summed E-state index contributed by atoms with van der Waals surface area (Å²) in [6.07, 6.45) is 3.13. The van der Waals surface area contributed by atoms with Crippen molar-refractivity contribution in [3.05, 3.63) is 22.7 Å². The van der Waals surface area contributed by atoms with E-state index in [1.165, 1.54) is 6.07 Å². The summed E-state index contributed by atoms with van der Waals surface area (Å²) in [6, 6.07) is 4.74. The van der Waals surface area contributed by atoms with Crippen molar-refractivity contribution in [3.63, 3.8) is 0 Å². The molecular weight excluding hydrogens is 334 g/mol. The lowest BCUT2D eigenvalue weighted by atomic mass is 10.1. The number of nitrogens with two attached hydrogens (primary N) is 1. The molecule has 1 heterocycles. The molecule has 1 atom stereocenters. The number of rotatable bonds is 4. The van der Waals surface area contributed by atoms with E-state index in [1.807, 2.05) is 0 Å². The topological polar surface area (TPSA) is 78.6 Å². The first-order chi connectivity index (χ1) is 8.97. The lowest BCUT2D eigenvalue weighted by Crippen LogP contribution is -2.26. The van der Waals surface area contributed by atoms with Crippen LogP contribution < -0.4 is 9.88 Å². The fourth-order valence-electron chi connectivity index (χ4n) is 1.95. The number of primary sulfonamides is 1. The molecule has 0 aliphatic carbocycles. The summed E-state index contributed by atoms with van der Waals surface area (Å²) in [5, 5.41) is 5.18. The lowest BCUT2D eigenvalue weighted by molar-refractivity contribution is -0.0116. The second-order valence-corrected chi connectivity index (χ2v) is 6.88. The predicted octanol–water partition coefficient (Wildman–Crippen LogP) is 2.04.